The molecule has 0 fully saturated rings. The van der Waals surface area contributed by atoms with E-state index in [1.807, 2.05) is 72.8 Å². The van der Waals surface area contributed by atoms with Crippen LogP contribution in [0.15, 0.2) is 84.9 Å². The third kappa shape index (κ3) is 4.73. The first-order valence-electron chi connectivity index (χ1n) is 12.9. The number of fused-ring (bicyclic) bond motifs is 2. The van der Waals surface area contributed by atoms with Crippen molar-refractivity contribution in [2.45, 2.75) is 0 Å². The maximum atomic E-state index is 13.2. The molecule has 0 saturated heterocycles. The van der Waals surface area contributed by atoms with Crippen molar-refractivity contribution in [3.05, 3.63) is 107 Å². The third-order valence-corrected chi connectivity index (χ3v) is 7.11. The summed E-state index contributed by atoms with van der Waals surface area (Å²) >= 11 is 0. The number of carbonyl (C=O) groups excluding carboxylic acids is 4. The summed E-state index contributed by atoms with van der Waals surface area (Å²) in [6.45, 7) is 0. The molecule has 0 aliphatic rings. The summed E-state index contributed by atoms with van der Waals surface area (Å²) in [7, 11) is 4.96. The Kier molecular flexibility index (Phi) is 7.71. The summed E-state index contributed by atoms with van der Waals surface area (Å²) in [6.07, 6.45) is 0. The molecule has 0 atom stereocenters. The first-order valence-corrected chi connectivity index (χ1v) is 12.9. The monoisotopic (exact) mass is 562 g/mol. The Labute approximate surface area is 241 Å². The fraction of sp³-hybridized carbons (Fsp3) is 0.118. The van der Waals surface area contributed by atoms with Crippen molar-refractivity contribution in [2.24, 2.45) is 0 Å². The number of ether oxygens (including phenoxy) is 4. The Morgan fingerprint density at radius 3 is 1.10 bits per heavy atom. The molecule has 0 aliphatic carbocycles. The van der Waals surface area contributed by atoms with Gasteiger partial charge in [0.2, 0.25) is 0 Å². The normalized spacial score (nSPS) is 10.8. The Balaban J connectivity index is 2.05. The second-order valence-corrected chi connectivity index (χ2v) is 9.34. The van der Waals surface area contributed by atoms with Gasteiger partial charge in [0.1, 0.15) is 0 Å². The van der Waals surface area contributed by atoms with Crippen LogP contribution in [0.25, 0.3) is 43.8 Å². The van der Waals surface area contributed by atoms with E-state index < -0.39 is 23.9 Å². The van der Waals surface area contributed by atoms with Crippen molar-refractivity contribution < 1.29 is 38.1 Å². The standard InChI is InChI=1S/C34H26O8/c1-39-31(35)25-17-21-15-24-22(16-23(21)27(29(25)33(37)41-3)19-11-7-5-8-12-19)18-26(32(36)40-2)30(34(38)42-4)28(24)20-13-9-6-10-14-20/h5-18H,1-4H3. The van der Waals surface area contributed by atoms with Crippen molar-refractivity contribution in [1.29, 1.82) is 0 Å². The van der Waals surface area contributed by atoms with Crippen molar-refractivity contribution in [2.75, 3.05) is 28.4 Å². The molecule has 0 aromatic heterocycles. The lowest BCUT2D eigenvalue weighted by Crippen LogP contribution is -2.15. The molecule has 0 bridgehead atoms. The molecule has 210 valence electrons. The largest absolute Gasteiger partial charge is 0.465 e. The van der Waals surface area contributed by atoms with E-state index in [2.05, 4.69) is 0 Å². The molecule has 0 N–H and O–H groups in total. The zero-order valence-corrected chi connectivity index (χ0v) is 23.3. The Bertz CT molecular complexity index is 1740. The van der Waals surface area contributed by atoms with Gasteiger partial charge in [-0.15, -0.1) is 0 Å². The van der Waals surface area contributed by atoms with Gasteiger partial charge in [-0.05, 0) is 56.9 Å². The molecular weight excluding hydrogens is 536 g/mol. The van der Waals surface area contributed by atoms with E-state index in [0.29, 0.717) is 43.8 Å². The first kappa shape index (κ1) is 28.0. The Hall–Kier alpha value is -5.50. The van der Waals surface area contributed by atoms with Crippen LogP contribution < -0.4 is 0 Å². The molecule has 5 aromatic carbocycles. The molecule has 8 heteroatoms. The van der Waals surface area contributed by atoms with E-state index in [9.17, 15) is 19.2 Å². The quantitative estimate of drug-likeness (QED) is 0.132. The number of esters is 4. The minimum Gasteiger partial charge on any atom is -0.465 e. The van der Waals surface area contributed by atoms with Gasteiger partial charge in [-0.2, -0.15) is 0 Å². The van der Waals surface area contributed by atoms with Crippen LogP contribution in [0.2, 0.25) is 0 Å². The van der Waals surface area contributed by atoms with Gasteiger partial charge in [-0.1, -0.05) is 60.7 Å². The van der Waals surface area contributed by atoms with Gasteiger partial charge in [0.05, 0.1) is 50.7 Å². The molecule has 0 aliphatic heterocycles. The number of hydrogen-bond donors (Lipinski definition) is 0. The third-order valence-electron chi connectivity index (χ3n) is 7.11. The maximum absolute atomic E-state index is 13.2. The predicted molar refractivity (Wildman–Crippen MR) is 158 cm³/mol. The molecule has 0 unspecified atom stereocenters. The molecule has 0 amide bonds. The van der Waals surface area contributed by atoms with Crippen LogP contribution in [-0.2, 0) is 18.9 Å². The molecule has 0 spiro atoms. The highest BCUT2D eigenvalue weighted by Gasteiger charge is 2.29. The van der Waals surface area contributed by atoms with Gasteiger partial charge >= 0.3 is 23.9 Å². The van der Waals surface area contributed by atoms with E-state index in [4.69, 9.17) is 18.9 Å². The SMILES string of the molecule is COC(=O)c1cc2cc3c(-c4ccccc4)c(C(=O)OC)c(C(=O)OC)cc3cc2c(-c2ccccc2)c1C(=O)OC. The lowest BCUT2D eigenvalue weighted by molar-refractivity contribution is 0.0556. The fourth-order valence-corrected chi connectivity index (χ4v) is 5.28. The number of hydrogen-bond acceptors (Lipinski definition) is 8. The number of rotatable bonds is 6. The second kappa shape index (κ2) is 11.5. The maximum Gasteiger partial charge on any atom is 0.339 e. The molecule has 8 nitrogen and oxygen atoms in total. The Morgan fingerprint density at radius 2 is 0.786 bits per heavy atom. The van der Waals surface area contributed by atoms with E-state index in [0.717, 1.165) is 0 Å². The molecule has 0 saturated carbocycles. The first-order chi connectivity index (χ1) is 20.3. The van der Waals surface area contributed by atoms with E-state index in [1.54, 1.807) is 12.1 Å². The van der Waals surface area contributed by atoms with Crippen molar-refractivity contribution in [3.8, 4) is 22.3 Å². The van der Waals surface area contributed by atoms with Gasteiger partial charge < -0.3 is 18.9 Å². The average molecular weight is 563 g/mol. The van der Waals surface area contributed by atoms with Crippen LogP contribution in [0.4, 0.5) is 0 Å². The van der Waals surface area contributed by atoms with Crippen molar-refractivity contribution in [3.63, 3.8) is 0 Å². The van der Waals surface area contributed by atoms with E-state index >= 15 is 0 Å². The summed E-state index contributed by atoms with van der Waals surface area (Å²) in [5, 5.41) is 2.41. The van der Waals surface area contributed by atoms with E-state index in [1.165, 1.54) is 28.4 Å². The highest BCUT2D eigenvalue weighted by atomic mass is 16.5. The lowest BCUT2D eigenvalue weighted by Gasteiger charge is -2.19. The predicted octanol–water partition coefficient (Wildman–Crippen LogP) is 6.47. The minimum atomic E-state index is -0.714. The summed E-state index contributed by atoms with van der Waals surface area (Å²) in [4.78, 5) is 52.4. The number of methoxy groups -OCH3 is 4. The van der Waals surface area contributed by atoms with Crippen molar-refractivity contribution >= 4 is 45.4 Å². The van der Waals surface area contributed by atoms with Crippen LogP contribution in [0.5, 0.6) is 0 Å². The lowest BCUT2D eigenvalue weighted by atomic mass is 9.85. The summed E-state index contributed by atoms with van der Waals surface area (Å²) in [5.74, 6) is -2.85. The van der Waals surface area contributed by atoms with Gasteiger partial charge in [0.15, 0.2) is 0 Å². The number of benzene rings is 5. The van der Waals surface area contributed by atoms with Crippen LogP contribution >= 0.6 is 0 Å². The molecule has 42 heavy (non-hydrogen) atoms. The summed E-state index contributed by atoms with van der Waals surface area (Å²) in [5.41, 5.74) is 2.38. The summed E-state index contributed by atoms with van der Waals surface area (Å²) < 4.78 is 20.3. The minimum absolute atomic E-state index is 0.0238. The molecule has 0 radical (unpaired) electrons. The Morgan fingerprint density at radius 1 is 0.452 bits per heavy atom. The van der Waals surface area contributed by atoms with Gasteiger partial charge in [0.25, 0.3) is 0 Å². The molecule has 5 aromatic rings. The average Bonchev–Trinajstić information content (AvgIpc) is 3.04. The van der Waals surface area contributed by atoms with Gasteiger partial charge in [0, 0.05) is 11.1 Å². The second-order valence-electron chi connectivity index (χ2n) is 9.34. The highest BCUT2D eigenvalue weighted by Crippen LogP contribution is 2.42. The number of carbonyl (C=O) groups is 4. The fourth-order valence-electron chi connectivity index (χ4n) is 5.28. The smallest absolute Gasteiger partial charge is 0.339 e. The van der Waals surface area contributed by atoms with Crippen LogP contribution in [0, 0.1) is 0 Å². The van der Waals surface area contributed by atoms with Gasteiger partial charge in [-0.25, -0.2) is 19.2 Å². The zero-order chi connectivity index (χ0) is 30.0. The molecule has 0 heterocycles. The summed E-state index contributed by atoms with van der Waals surface area (Å²) in [6, 6.07) is 25.0. The zero-order valence-electron chi connectivity index (χ0n) is 23.3. The molecular formula is C34H26O8. The van der Waals surface area contributed by atoms with Crippen LogP contribution in [-0.4, -0.2) is 52.3 Å². The van der Waals surface area contributed by atoms with Crippen LogP contribution in [0.1, 0.15) is 41.4 Å². The van der Waals surface area contributed by atoms with E-state index in [-0.39, 0.29) is 22.3 Å². The van der Waals surface area contributed by atoms with Crippen molar-refractivity contribution in [1.82, 2.24) is 0 Å². The topological polar surface area (TPSA) is 105 Å². The molecule has 5 rings (SSSR count). The highest BCUT2D eigenvalue weighted by molar-refractivity contribution is 6.21. The van der Waals surface area contributed by atoms with Crippen LogP contribution in [0.3, 0.4) is 0 Å². The van der Waals surface area contributed by atoms with Gasteiger partial charge in [-0.3, -0.25) is 0 Å².